The molecule has 0 unspecified atom stereocenters. The lowest BCUT2D eigenvalue weighted by Crippen LogP contribution is -2.50. The fourth-order valence-corrected chi connectivity index (χ4v) is 6.20. The van der Waals surface area contributed by atoms with Gasteiger partial charge in [-0.3, -0.25) is 9.52 Å². The van der Waals surface area contributed by atoms with Crippen molar-refractivity contribution in [3.63, 3.8) is 0 Å². The van der Waals surface area contributed by atoms with Crippen LogP contribution in [-0.2, 0) is 14.8 Å². The summed E-state index contributed by atoms with van der Waals surface area (Å²) in [7, 11) is -3.76. The highest BCUT2D eigenvalue weighted by Gasteiger charge is 2.27. The van der Waals surface area contributed by atoms with Gasteiger partial charge in [0.2, 0.25) is 11.0 Å². The van der Waals surface area contributed by atoms with E-state index in [4.69, 9.17) is 0 Å². The number of nitrogens with zero attached hydrogens (tertiary/aromatic N) is 5. The molecule has 0 aliphatic carbocycles. The van der Waals surface area contributed by atoms with E-state index in [9.17, 15) is 17.6 Å². The minimum atomic E-state index is -3.76. The third kappa shape index (κ3) is 4.65. The van der Waals surface area contributed by atoms with E-state index in [1.807, 2.05) is 22.5 Å². The number of sulfonamides is 1. The first-order valence-electron chi connectivity index (χ1n) is 11.4. The molecule has 0 saturated carbocycles. The number of hydrogen-bond acceptors (Lipinski definition) is 7. The lowest BCUT2D eigenvalue weighted by atomic mass is 10.2. The average molecular weight is 533 g/mol. The van der Waals surface area contributed by atoms with E-state index >= 15 is 0 Å². The molecule has 2 aromatic carbocycles. The zero-order chi connectivity index (χ0) is 25.4. The van der Waals surface area contributed by atoms with Crippen molar-refractivity contribution in [2.75, 3.05) is 35.8 Å². The molecule has 0 radical (unpaired) electrons. The van der Waals surface area contributed by atoms with Crippen LogP contribution < -0.4 is 9.62 Å². The molecule has 1 N–H and O–H groups in total. The van der Waals surface area contributed by atoms with E-state index in [1.165, 1.54) is 6.07 Å². The molecular weight excluding hydrogens is 503 g/mol. The van der Waals surface area contributed by atoms with Crippen molar-refractivity contribution in [3.05, 3.63) is 66.4 Å². The van der Waals surface area contributed by atoms with Gasteiger partial charge < -0.3 is 14.4 Å². The second-order valence-corrected chi connectivity index (χ2v) is 11.1. The Morgan fingerprint density at radius 3 is 2.50 bits per heavy atom. The highest BCUT2D eigenvalue weighted by atomic mass is 32.2. The van der Waals surface area contributed by atoms with Crippen LogP contribution in [-0.4, -0.2) is 59.3 Å². The zero-order valence-corrected chi connectivity index (χ0v) is 21.4. The number of fused-ring (bicyclic) bond motifs is 1. The molecule has 1 aliphatic heterocycles. The van der Waals surface area contributed by atoms with Crippen LogP contribution >= 0.6 is 11.5 Å². The number of hydrogen-bond donors (Lipinski definition) is 1. The molecule has 9 nitrogen and oxygen atoms in total. The van der Waals surface area contributed by atoms with Gasteiger partial charge in [-0.15, -0.1) is 0 Å². The van der Waals surface area contributed by atoms with Crippen molar-refractivity contribution >= 4 is 49.2 Å². The van der Waals surface area contributed by atoms with Gasteiger partial charge in [0.15, 0.2) is 0 Å². The summed E-state index contributed by atoms with van der Waals surface area (Å²) in [5.41, 5.74) is 1.58. The Morgan fingerprint density at radius 1 is 1.11 bits per heavy atom. The highest BCUT2D eigenvalue weighted by Crippen LogP contribution is 2.25. The van der Waals surface area contributed by atoms with Crippen LogP contribution in [0.5, 0.6) is 0 Å². The van der Waals surface area contributed by atoms with E-state index in [1.54, 1.807) is 49.5 Å². The molecule has 2 aromatic heterocycles. The average Bonchev–Trinajstić information content (AvgIpc) is 3.49. The van der Waals surface area contributed by atoms with Crippen molar-refractivity contribution in [1.29, 1.82) is 0 Å². The summed E-state index contributed by atoms with van der Waals surface area (Å²) in [5, 5.41) is 0.728. The molecule has 4 aromatic rings. The number of rotatable bonds is 6. The topological polar surface area (TPSA) is 100 Å². The molecule has 3 heterocycles. The second kappa shape index (κ2) is 9.51. The summed E-state index contributed by atoms with van der Waals surface area (Å²) in [5.74, 6) is 0.191. The molecule has 1 fully saturated rings. The van der Waals surface area contributed by atoms with Crippen LogP contribution in [0.1, 0.15) is 21.6 Å². The second-order valence-electron chi connectivity index (χ2n) is 8.63. The highest BCUT2D eigenvalue weighted by molar-refractivity contribution is 7.93. The Morgan fingerprint density at radius 2 is 1.83 bits per heavy atom. The van der Waals surface area contributed by atoms with Gasteiger partial charge >= 0.3 is 0 Å². The summed E-state index contributed by atoms with van der Waals surface area (Å²) >= 11 is 0.991. The van der Waals surface area contributed by atoms with Crippen LogP contribution in [0, 0.1) is 12.7 Å². The fourth-order valence-electron chi connectivity index (χ4n) is 4.41. The predicted octanol–water partition coefficient (Wildman–Crippen LogP) is 4.14. The van der Waals surface area contributed by atoms with Crippen LogP contribution in [0.4, 0.5) is 15.2 Å². The molecule has 5 rings (SSSR count). The number of amides is 1. The van der Waals surface area contributed by atoms with Crippen molar-refractivity contribution in [2.24, 2.45) is 0 Å². The van der Waals surface area contributed by atoms with Crippen molar-refractivity contribution in [3.8, 4) is 0 Å². The van der Waals surface area contributed by atoms with Crippen molar-refractivity contribution < 1.29 is 20.5 Å². The van der Waals surface area contributed by atoms with Gasteiger partial charge in [0.1, 0.15) is 17.7 Å². The molecule has 1 amide bonds. The minimum absolute atomic E-state index is 0. The van der Waals surface area contributed by atoms with Gasteiger partial charge in [0.05, 0.1) is 10.4 Å². The lowest BCUT2D eigenvalue weighted by molar-refractivity contribution is -0.134. The largest absolute Gasteiger partial charge is 0.368 e. The minimum Gasteiger partial charge on any atom is -0.368 e. The van der Waals surface area contributed by atoms with Gasteiger partial charge in [-0.25, -0.2) is 17.8 Å². The summed E-state index contributed by atoms with van der Waals surface area (Å²) in [6.45, 7) is 5.83. The van der Waals surface area contributed by atoms with Gasteiger partial charge in [-0.1, -0.05) is 6.07 Å². The molecular formula is C24H29FN6O3S2. The van der Waals surface area contributed by atoms with Crippen LogP contribution in [0.2, 0.25) is 0 Å². The molecule has 1 saturated heterocycles. The van der Waals surface area contributed by atoms with Crippen LogP contribution in [0.25, 0.3) is 10.9 Å². The smallest absolute Gasteiger partial charge is 0.263 e. The first-order valence-corrected chi connectivity index (χ1v) is 13.7. The van der Waals surface area contributed by atoms with E-state index in [2.05, 4.69) is 19.0 Å². The quantitative estimate of drug-likeness (QED) is 0.401. The standard InChI is InChI=1S/C24H25FN6O3S2.2H2/c1-16(31-11-10-20-21(25)4-3-5-22(20)31)23(32)30-14-12-29(13-15-30)18-6-8-19(9-7-18)36(33,34)28-24-26-17(2)27-35-24;;/h3-11,16H,12-15H2,1-2H3,(H,26,27,28);2*1H/t16-;;/m0../s1. The number of benzene rings is 2. The maximum atomic E-state index is 14.1. The summed E-state index contributed by atoms with van der Waals surface area (Å²) in [6.07, 6.45) is 1.75. The lowest BCUT2D eigenvalue weighted by Gasteiger charge is -2.37. The van der Waals surface area contributed by atoms with Gasteiger partial charge in [-0.05, 0) is 56.3 Å². The fraction of sp³-hybridized carbons (Fsp3) is 0.292. The number of aryl methyl sites for hydroxylation is 1. The SMILES string of the molecule is Cc1nsc(NS(=O)(=O)c2ccc(N3CCN(C(=O)[C@H](C)n4ccc5c(F)cccc54)CC3)cc2)n1.[HH].[HH]. The Labute approximate surface area is 215 Å². The molecule has 12 heteroatoms. The first-order chi connectivity index (χ1) is 17.2. The first kappa shape index (κ1) is 24.2. The summed E-state index contributed by atoms with van der Waals surface area (Å²) in [6, 6.07) is 12.8. The number of halogens is 1. The maximum Gasteiger partial charge on any atom is 0.263 e. The van der Waals surface area contributed by atoms with E-state index in [0.717, 1.165) is 17.2 Å². The van der Waals surface area contributed by atoms with Crippen molar-refractivity contribution in [1.82, 2.24) is 18.8 Å². The molecule has 1 atom stereocenters. The monoisotopic (exact) mass is 532 g/mol. The van der Waals surface area contributed by atoms with Crippen molar-refractivity contribution in [2.45, 2.75) is 24.8 Å². The number of carbonyl (C=O) groups excluding carboxylic acids is 1. The Hall–Kier alpha value is -3.51. The molecule has 1 aliphatic rings. The number of anilines is 2. The van der Waals surface area contributed by atoms with Gasteiger partial charge in [0.25, 0.3) is 10.0 Å². The molecule has 192 valence electrons. The third-order valence-electron chi connectivity index (χ3n) is 6.34. The van der Waals surface area contributed by atoms with E-state index < -0.39 is 16.1 Å². The third-order valence-corrected chi connectivity index (χ3v) is 8.54. The number of aromatic nitrogens is 3. The maximum absolute atomic E-state index is 14.1. The number of nitrogens with one attached hydrogen (secondary N) is 1. The van der Waals surface area contributed by atoms with Crippen LogP contribution in [0.15, 0.2) is 59.6 Å². The van der Waals surface area contributed by atoms with Gasteiger partial charge in [-0.2, -0.15) is 4.37 Å². The zero-order valence-electron chi connectivity index (χ0n) is 19.8. The molecule has 36 heavy (non-hydrogen) atoms. The van der Waals surface area contributed by atoms with Gasteiger partial charge in [0, 0.05) is 57.8 Å². The number of carbonyl (C=O) groups is 1. The predicted molar refractivity (Wildman–Crippen MR) is 142 cm³/mol. The van der Waals surface area contributed by atoms with E-state index in [-0.39, 0.29) is 24.6 Å². The number of piperazine rings is 1. The Bertz CT molecular complexity index is 1520. The normalized spacial score (nSPS) is 15.3. The summed E-state index contributed by atoms with van der Waals surface area (Å²) in [4.78, 5) is 21.3. The molecule has 0 spiro atoms. The van der Waals surface area contributed by atoms with E-state index in [0.29, 0.717) is 42.9 Å². The Balaban J connectivity index is 0.00000200. The Kier molecular flexibility index (Phi) is 6.39. The molecule has 0 bridgehead atoms. The van der Waals surface area contributed by atoms with Crippen LogP contribution in [0.3, 0.4) is 0 Å². The summed E-state index contributed by atoms with van der Waals surface area (Å²) < 4.78 is 47.5.